The summed E-state index contributed by atoms with van der Waals surface area (Å²) in [6, 6.07) is 1.22. The summed E-state index contributed by atoms with van der Waals surface area (Å²) < 4.78 is 21.2. The Bertz CT molecular complexity index is 373. The van der Waals surface area contributed by atoms with Crippen molar-refractivity contribution in [3.63, 3.8) is 0 Å². The molecular weight excluding hydrogens is 192 g/mol. The molecular formula is C8H9O4S-. The van der Waals surface area contributed by atoms with E-state index in [9.17, 15) is 19.0 Å². The quantitative estimate of drug-likeness (QED) is 0.663. The zero-order valence-electron chi connectivity index (χ0n) is 7.20. The minimum Gasteiger partial charge on any atom is -0.768 e. The van der Waals surface area contributed by atoms with Crippen molar-refractivity contribution < 1.29 is 19.0 Å². The van der Waals surface area contributed by atoms with Gasteiger partial charge < -0.3 is 14.8 Å². The Kier molecular flexibility index (Phi) is 2.58. The zero-order chi connectivity index (χ0) is 10.2. The lowest BCUT2D eigenvalue weighted by Crippen LogP contribution is -1.93. The van der Waals surface area contributed by atoms with E-state index in [-0.39, 0.29) is 16.2 Å². The van der Waals surface area contributed by atoms with E-state index in [1.807, 2.05) is 0 Å². The van der Waals surface area contributed by atoms with Crippen LogP contribution < -0.4 is 0 Å². The van der Waals surface area contributed by atoms with Gasteiger partial charge in [0.1, 0.15) is 11.5 Å². The number of aromatic hydroxyl groups is 2. The topological polar surface area (TPSA) is 80.6 Å². The number of phenols is 2. The van der Waals surface area contributed by atoms with Crippen LogP contribution in [0.4, 0.5) is 0 Å². The molecule has 0 aliphatic heterocycles. The largest absolute Gasteiger partial charge is 0.768 e. The van der Waals surface area contributed by atoms with Gasteiger partial charge in [-0.1, -0.05) is 0 Å². The summed E-state index contributed by atoms with van der Waals surface area (Å²) in [5.41, 5.74) is 0.605. The Morgan fingerprint density at radius 2 is 1.85 bits per heavy atom. The Morgan fingerprint density at radius 3 is 2.31 bits per heavy atom. The molecule has 2 N–H and O–H groups in total. The van der Waals surface area contributed by atoms with E-state index in [4.69, 9.17) is 0 Å². The minimum absolute atomic E-state index is 0.0771. The second-order valence-corrected chi connectivity index (χ2v) is 3.66. The number of rotatable bonds is 1. The van der Waals surface area contributed by atoms with Crippen molar-refractivity contribution in [1.82, 2.24) is 0 Å². The van der Waals surface area contributed by atoms with E-state index >= 15 is 0 Å². The molecule has 0 saturated heterocycles. The molecule has 0 saturated carbocycles. The lowest BCUT2D eigenvalue weighted by Gasteiger charge is -2.12. The third-order valence-corrected chi connectivity index (χ3v) is 2.51. The molecule has 1 unspecified atom stereocenters. The number of hydrogen-bond acceptors (Lipinski definition) is 4. The van der Waals surface area contributed by atoms with Gasteiger partial charge in [0.15, 0.2) is 0 Å². The molecule has 0 aliphatic carbocycles. The summed E-state index contributed by atoms with van der Waals surface area (Å²) in [6.07, 6.45) is 0. The molecule has 1 aromatic rings. The normalized spacial score (nSPS) is 12.8. The summed E-state index contributed by atoms with van der Waals surface area (Å²) in [6.45, 7) is 3.02. The molecule has 1 atom stereocenters. The van der Waals surface area contributed by atoms with Crippen molar-refractivity contribution in [1.29, 1.82) is 0 Å². The summed E-state index contributed by atoms with van der Waals surface area (Å²) in [7, 11) is 0. The van der Waals surface area contributed by atoms with Crippen LogP contribution >= 0.6 is 0 Å². The van der Waals surface area contributed by atoms with Crippen LogP contribution in [0.2, 0.25) is 0 Å². The van der Waals surface area contributed by atoms with Crippen LogP contribution in [-0.2, 0) is 11.1 Å². The van der Waals surface area contributed by atoms with Gasteiger partial charge in [0.25, 0.3) is 0 Å². The fraction of sp³-hybridized carbons (Fsp3) is 0.250. The van der Waals surface area contributed by atoms with Crippen molar-refractivity contribution in [3.05, 3.63) is 17.2 Å². The van der Waals surface area contributed by atoms with E-state index < -0.39 is 16.8 Å². The first-order valence-corrected chi connectivity index (χ1v) is 4.64. The van der Waals surface area contributed by atoms with Gasteiger partial charge in [-0.15, -0.1) is 0 Å². The molecule has 0 radical (unpaired) electrons. The third kappa shape index (κ3) is 1.66. The van der Waals surface area contributed by atoms with Gasteiger partial charge in [0.2, 0.25) is 0 Å². The molecule has 0 aliphatic rings. The highest BCUT2D eigenvalue weighted by Gasteiger charge is 2.11. The number of aryl methyl sites for hydroxylation is 1. The van der Waals surface area contributed by atoms with Crippen LogP contribution in [0.25, 0.3) is 0 Å². The van der Waals surface area contributed by atoms with Crippen molar-refractivity contribution in [2.75, 3.05) is 0 Å². The Morgan fingerprint density at radius 1 is 1.31 bits per heavy atom. The van der Waals surface area contributed by atoms with Crippen LogP contribution in [0.3, 0.4) is 0 Å². The van der Waals surface area contributed by atoms with Crippen LogP contribution in [0, 0.1) is 13.8 Å². The van der Waals surface area contributed by atoms with Crippen LogP contribution in [0.15, 0.2) is 11.0 Å². The van der Waals surface area contributed by atoms with Gasteiger partial charge >= 0.3 is 0 Å². The average molecular weight is 201 g/mol. The maximum Gasteiger partial charge on any atom is 0.137 e. The molecule has 0 fully saturated rings. The minimum atomic E-state index is -2.48. The van der Waals surface area contributed by atoms with Crippen molar-refractivity contribution in [3.8, 4) is 11.5 Å². The highest BCUT2D eigenvalue weighted by Crippen LogP contribution is 2.34. The molecule has 0 heterocycles. The standard InChI is InChI=1S/C8H10O4S/c1-4-3-6(13(11)12)8(10)5(2)7(4)9/h3,9-10H,1-2H3,(H,11,12)/p-1. The van der Waals surface area contributed by atoms with Crippen molar-refractivity contribution in [2.24, 2.45) is 0 Å². The zero-order valence-corrected chi connectivity index (χ0v) is 8.01. The predicted molar refractivity (Wildman–Crippen MR) is 46.4 cm³/mol. The summed E-state index contributed by atoms with van der Waals surface area (Å²) in [5, 5.41) is 18.7. The molecule has 72 valence electrons. The second-order valence-electron chi connectivity index (χ2n) is 2.75. The molecule has 4 nitrogen and oxygen atoms in total. The van der Waals surface area contributed by atoms with Gasteiger partial charge in [0, 0.05) is 5.56 Å². The van der Waals surface area contributed by atoms with E-state index in [1.165, 1.54) is 13.0 Å². The molecule has 0 spiro atoms. The third-order valence-electron chi connectivity index (χ3n) is 1.84. The molecule has 0 aromatic heterocycles. The van der Waals surface area contributed by atoms with Gasteiger partial charge in [-0.05, 0) is 36.6 Å². The van der Waals surface area contributed by atoms with Crippen molar-refractivity contribution in [2.45, 2.75) is 18.7 Å². The molecule has 0 amide bonds. The Labute approximate surface area is 78.1 Å². The van der Waals surface area contributed by atoms with E-state index in [2.05, 4.69) is 0 Å². The maximum atomic E-state index is 10.6. The number of benzene rings is 1. The van der Waals surface area contributed by atoms with Gasteiger partial charge in [-0.3, -0.25) is 4.21 Å². The fourth-order valence-electron chi connectivity index (χ4n) is 1.05. The molecule has 13 heavy (non-hydrogen) atoms. The molecule has 0 bridgehead atoms. The maximum absolute atomic E-state index is 10.6. The average Bonchev–Trinajstić information content (AvgIpc) is 2.07. The first kappa shape index (κ1) is 10.0. The molecule has 1 aromatic carbocycles. The lowest BCUT2D eigenvalue weighted by molar-refractivity contribution is 0.428. The first-order chi connectivity index (χ1) is 5.95. The fourth-order valence-corrected chi connectivity index (χ4v) is 1.64. The van der Waals surface area contributed by atoms with Crippen LogP contribution in [0.5, 0.6) is 11.5 Å². The van der Waals surface area contributed by atoms with E-state index in [1.54, 1.807) is 6.92 Å². The van der Waals surface area contributed by atoms with E-state index in [0.717, 1.165) is 0 Å². The summed E-state index contributed by atoms with van der Waals surface area (Å²) in [4.78, 5) is -0.187. The molecule has 5 heteroatoms. The van der Waals surface area contributed by atoms with Gasteiger partial charge in [0.05, 0.1) is 4.90 Å². The highest BCUT2D eigenvalue weighted by atomic mass is 32.2. The molecule has 1 rings (SSSR count). The first-order valence-electron chi connectivity index (χ1n) is 3.56. The Hall–Kier alpha value is -1.07. The summed E-state index contributed by atoms with van der Waals surface area (Å²) >= 11 is -2.48. The SMILES string of the molecule is Cc1cc(S(=O)[O-])c(O)c(C)c1O. The Balaban J connectivity index is 3.50. The lowest BCUT2D eigenvalue weighted by atomic mass is 10.1. The second kappa shape index (κ2) is 3.35. The highest BCUT2D eigenvalue weighted by molar-refractivity contribution is 7.79. The smallest absolute Gasteiger partial charge is 0.137 e. The summed E-state index contributed by atoms with van der Waals surface area (Å²) in [5.74, 6) is -0.469. The van der Waals surface area contributed by atoms with E-state index in [0.29, 0.717) is 5.56 Å². The van der Waals surface area contributed by atoms with Gasteiger partial charge in [-0.2, -0.15) is 0 Å². The number of hydrogen-bond donors (Lipinski definition) is 2. The number of phenolic OH excluding ortho intramolecular Hbond substituents is 2. The van der Waals surface area contributed by atoms with Crippen molar-refractivity contribution >= 4 is 11.1 Å². The van der Waals surface area contributed by atoms with Gasteiger partial charge in [-0.25, -0.2) is 0 Å². The monoisotopic (exact) mass is 201 g/mol. The van der Waals surface area contributed by atoms with Crippen LogP contribution in [0.1, 0.15) is 11.1 Å². The predicted octanol–water partition coefficient (Wildman–Crippen LogP) is 0.953. The van der Waals surface area contributed by atoms with Crippen LogP contribution in [-0.4, -0.2) is 19.0 Å².